The lowest BCUT2D eigenvalue weighted by Crippen LogP contribution is -2.46. The first-order valence-electron chi connectivity index (χ1n) is 6.61. The van der Waals surface area contributed by atoms with Gasteiger partial charge in [-0.3, -0.25) is 0 Å². The molecule has 4 aliphatic rings. The van der Waals surface area contributed by atoms with E-state index < -0.39 is 23.8 Å². The Balaban J connectivity index is 1.66. The van der Waals surface area contributed by atoms with Crippen LogP contribution in [0.2, 0.25) is 0 Å². The molecule has 104 valence electrons. The van der Waals surface area contributed by atoms with Crippen molar-refractivity contribution < 1.29 is 28.5 Å². The predicted octanol–water partition coefficient (Wildman–Crippen LogP) is 0.0150. The van der Waals surface area contributed by atoms with Gasteiger partial charge in [0, 0.05) is 0 Å². The molecule has 4 rings (SSSR count). The van der Waals surface area contributed by atoms with E-state index in [0.29, 0.717) is 32.8 Å². The standard InChI is InChI=1S/C13H16O6/c14-8-9-7-12(10-15-3-4-16-10)1-2-13(9,19-12)11-17-5-6-18-11/h1-2,8-11H,3-7H2. The van der Waals surface area contributed by atoms with Crippen LogP contribution < -0.4 is 0 Å². The van der Waals surface area contributed by atoms with Crippen molar-refractivity contribution in [3.8, 4) is 0 Å². The maximum Gasteiger partial charge on any atom is 0.191 e. The number of rotatable bonds is 3. The smallest absolute Gasteiger partial charge is 0.191 e. The SMILES string of the molecule is O=CC1CC2(C3OCCO3)C=CC1(C1OCCO1)O2. The zero-order valence-corrected chi connectivity index (χ0v) is 10.4. The molecule has 0 radical (unpaired) electrons. The first-order valence-corrected chi connectivity index (χ1v) is 6.61. The van der Waals surface area contributed by atoms with E-state index in [2.05, 4.69) is 0 Å². The molecule has 0 amide bonds. The molecule has 0 aliphatic carbocycles. The molecule has 0 saturated carbocycles. The topological polar surface area (TPSA) is 63.2 Å². The van der Waals surface area contributed by atoms with Crippen LogP contribution in [-0.4, -0.2) is 56.5 Å². The molecule has 0 spiro atoms. The second kappa shape index (κ2) is 4.10. The average Bonchev–Trinajstić information content (AvgIpc) is 3.18. The van der Waals surface area contributed by atoms with Crippen LogP contribution in [0.4, 0.5) is 0 Å². The normalized spacial score (nSPS) is 46.4. The first kappa shape index (κ1) is 12.0. The van der Waals surface area contributed by atoms with Gasteiger partial charge in [0.25, 0.3) is 0 Å². The Morgan fingerprint density at radius 3 is 2.21 bits per heavy atom. The minimum Gasteiger partial charge on any atom is -0.349 e. The molecule has 2 bridgehead atoms. The lowest BCUT2D eigenvalue weighted by atomic mass is 9.79. The fourth-order valence-corrected chi connectivity index (χ4v) is 3.42. The molecule has 3 atom stereocenters. The second-order valence-electron chi connectivity index (χ2n) is 5.34. The molecule has 0 aromatic carbocycles. The Hall–Kier alpha value is -0.790. The maximum absolute atomic E-state index is 11.4. The largest absolute Gasteiger partial charge is 0.349 e. The number of hydrogen-bond acceptors (Lipinski definition) is 6. The lowest BCUT2D eigenvalue weighted by molar-refractivity contribution is -0.228. The summed E-state index contributed by atoms with van der Waals surface area (Å²) >= 11 is 0. The predicted molar refractivity (Wildman–Crippen MR) is 61.2 cm³/mol. The molecule has 6 nitrogen and oxygen atoms in total. The number of carbonyl (C=O) groups is 1. The highest BCUT2D eigenvalue weighted by atomic mass is 16.8. The zero-order valence-electron chi connectivity index (χ0n) is 10.4. The van der Waals surface area contributed by atoms with E-state index in [4.69, 9.17) is 23.7 Å². The fourth-order valence-electron chi connectivity index (χ4n) is 3.42. The van der Waals surface area contributed by atoms with Crippen molar-refractivity contribution in [1.82, 2.24) is 0 Å². The Bertz CT molecular complexity index is 411. The molecular formula is C13H16O6. The maximum atomic E-state index is 11.4. The quantitative estimate of drug-likeness (QED) is 0.531. The van der Waals surface area contributed by atoms with Gasteiger partial charge in [0.2, 0.25) is 0 Å². The second-order valence-corrected chi connectivity index (χ2v) is 5.34. The van der Waals surface area contributed by atoms with Gasteiger partial charge in [0.05, 0.1) is 32.3 Å². The summed E-state index contributed by atoms with van der Waals surface area (Å²) in [5, 5.41) is 0. The Morgan fingerprint density at radius 1 is 0.947 bits per heavy atom. The van der Waals surface area contributed by atoms with Crippen LogP contribution in [0.5, 0.6) is 0 Å². The number of fused-ring (bicyclic) bond motifs is 2. The zero-order chi connectivity index (χ0) is 12.9. The minimum atomic E-state index is -0.826. The number of hydrogen-bond donors (Lipinski definition) is 0. The minimum absolute atomic E-state index is 0.298. The van der Waals surface area contributed by atoms with Crippen LogP contribution >= 0.6 is 0 Å². The summed E-state index contributed by atoms with van der Waals surface area (Å²) in [5.74, 6) is -0.298. The van der Waals surface area contributed by atoms with Gasteiger partial charge in [-0.25, -0.2) is 0 Å². The third kappa shape index (κ3) is 1.52. The van der Waals surface area contributed by atoms with Crippen molar-refractivity contribution >= 4 is 6.29 Å². The van der Waals surface area contributed by atoms with Gasteiger partial charge in [-0.2, -0.15) is 0 Å². The fraction of sp³-hybridized carbons (Fsp3) is 0.769. The van der Waals surface area contributed by atoms with Gasteiger partial charge < -0.3 is 28.5 Å². The summed E-state index contributed by atoms with van der Waals surface area (Å²) in [4.78, 5) is 11.4. The van der Waals surface area contributed by atoms with Gasteiger partial charge in [0.1, 0.15) is 17.5 Å². The molecule has 19 heavy (non-hydrogen) atoms. The molecule has 0 aromatic heterocycles. The van der Waals surface area contributed by atoms with Gasteiger partial charge in [-0.05, 0) is 18.6 Å². The van der Waals surface area contributed by atoms with E-state index in [1.54, 1.807) is 0 Å². The van der Waals surface area contributed by atoms with E-state index in [0.717, 1.165) is 6.29 Å². The number of aldehydes is 1. The molecule has 4 aliphatic heterocycles. The van der Waals surface area contributed by atoms with Crippen LogP contribution in [0.25, 0.3) is 0 Å². The molecule has 0 N–H and O–H groups in total. The molecule has 0 aromatic rings. The lowest BCUT2D eigenvalue weighted by Gasteiger charge is -2.31. The number of ether oxygens (including phenoxy) is 5. The van der Waals surface area contributed by atoms with E-state index in [9.17, 15) is 4.79 Å². The summed E-state index contributed by atoms with van der Waals surface area (Å²) in [6.07, 6.45) is 4.32. The van der Waals surface area contributed by atoms with E-state index >= 15 is 0 Å². The van der Waals surface area contributed by atoms with Crippen LogP contribution in [-0.2, 0) is 28.5 Å². The summed E-state index contributed by atoms with van der Waals surface area (Å²) in [6.45, 7) is 2.16. The van der Waals surface area contributed by atoms with Gasteiger partial charge in [-0.15, -0.1) is 0 Å². The third-order valence-corrected chi connectivity index (χ3v) is 4.29. The Labute approximate surface area is 110 Å². The van der Waals surface area contributed by atoms with Crippen LogP contribution in [0.1, 0.15) is 6.42 Å². The monoisotopic (exact) mass is 268 g/mol. The van der Waals surface area contributed by atoms with E-state index in [1.165, 1.54) is 0 Å². The van der Waals surface area contributed by atoms with Gasteiger partial charge in [0.15, 0.2) is 12.6 Å². The van der Waals surface area contributed by atoms with E-state index in [1.807, 2.05) is 12.2 Å². The third-order valence-electron chi connectivity index (χ3n) is 4.29. The van der Waals surface area contributed by atoms with Crippen molar-refractivity contribution in [1.29, 1.82) is 0 Å². The molecular weight excluding hydrogens is 252 g/mol. The van der Waals surface area contributed by atoms with Gasteiger partial charge in [-0.1, -0.05) is 0 Å². The molecule has 4 heterocycles. The summed E-state index contributed by atoms with van der Waals surface area (Å²) in [7, 11) is 0. The van der Waals surface area contributed by atoms with Crippen LogP contribution in [0, 0.1) is 5.92 Å². The summed E-state index contributed by atoms with van der Waals surface area (Å²) < 4.78 is 28.4. The van der Waals surface area contributed by atoms with Crippen LogP contribution in [0.15, 0.2) is 12.2 Å². The Kier molecular flexibility index (Phi) is 2.59. The molecule has 3 fully saturated rings. The van der Waals surface area contributed by atoms with Gasteiger partial charge >= 0.3 is 0 Å². The number of carbonyl (C=O) groups excluding carboxylic acids is 1. The van der Waals surface area contributed by atoms with Crippen molar-refractivity contribution in [3.05, 3.63) is 12.2 Å². The summed E-state index contributed by atoms with van der Waals surface area (Å²) in [6, 6.07) is 0. The molecule has 6 heteroatoms. The highest BCUT2D eigenvalue weighted by molar-refractivity contribution is 5.60. The highest BCUT2D eigenvalue weighted by Crippen LogP contribution is 2.54. The van der Waals surface area contributed by atoms with Crippen molar-refractivity contribution in [3.63, 3.8) is 0 Å². The average molecular weight is 268 g/mol. The van der Waals surface area contributed by atoms with Crippen molar-refractivity contribution in [2.75, 3.05) is 26.4 Å². The molecule has 3 unspecified atom stereocenters. The van der Waals surface area contributed by atoms with Crippen LogP contribution in [0.3, 0.4) is 0 Å². The highest BCUT2D eigenvalue weighted by Gasteiger charge is 2.66. The molecule has 3 saturated heterocycles. The summed E-state index contributed by atoms with van der Waals surface area (Å²) in [5.41, 5.74) is -1.51. The van der Waals surface area contributed by atoms with Crippen molar-refractivity contribution in [2.24, 2.45) is 5.92 Å². The first-order chi connectivity index (χ1) is 9.29. The van der Waals surface area contributed by atoms with Crippen molar-refractivity contribution in [2.45, 2.75) is 30.2 Å². The van der Waals surface area contributed by atoms with E-state index in [-0.39, 0.29) is 5.92 Å². The Morgan fingerprint density at radius 2 is 1.58 bits per heavy atom.